The Bertz CT molecular complexity index is 285. The standard InChI is InChI=1S/C12H18BrN/c1-4-9(2)14-10(3)11-6-5-7-12(13)8-11/h5-10,14H,4H2,1-3H3/t9?,10-/m1/s1. The highest BCUT2D eigenvalue weighted by atomic mass is 79.9. The van der Waals surface area contributed by atoms with Crippen molar-refractivity contribution in [1.82, 2.24) is 5.32 Å². The summed E-state index contributed by atoms with van der Waals surface area (Å²) in [7, 11) is 0. The summed E-state index contributed by atoms with van der Waals surface area (Å²) in [6.07, 6.45) is 1.17. The number of benzene rings is 1. The van der Waals surface area contributed by atoms with E-state index < -0.39 is 0 Å². The lowest BCUT2D eigenvalue weighted by atomic mass is 10.1. The zero-order chi connectivity index (χ0) is 10.6. The van der Waals surface area contributed by atoms with Crippen molar-refractivity contribution in [2.75, 3.05) is 0 Å². The second-order valence-corrected chi connectivity index (χ2v) is 4.67. The van der Waals surface area contributed by atoms with Crippen LogP contribution in [0.5, 0.6) is 0 Å². The Balaban J connectivity index is 2.64. The van der Waals surface area contributed by atoms with Crippen LogP contribution in [0.25, 0.3) is 0 Å². The number of rotatable bonds is 4. The monoisotopic (exact) mass is 255 g/mol. The van der Waals surface area contributed by atoms with Crippen LogP contribution in [-0.2, 0) is 0 Å². The lowest BCUT2D eigenvalue weighted by Gasteiger charge is -2.19. The van der Waals surface area contributed by atoms with Gasteiger partial charge in [-0.15, -0.1) is 0 Å². The zero-order valence-electron chi connectivity index (χ0n) is 9.05. The van der Waals surface area contributed by atoms with Gasteiger partial charge in [0.05, 0.1) is 0 Å². The molecule has 1 unspecified atom stereocenters. The van der Waals surface area contributed by atoms with Crippen LogP contribution in [0, 0.1) is 0 Å². The minimum atomic E-state index is 0.419. The molecular formula is C12H18BrN. The van der Waals surface area contributed by atoms with Gasteiger partial charge in [0.1, 0.15) is 0 Å². The minimum Gasteiger partial charge on any atom is -0.308 e. The van der Waals surface area contributed by atoms with E-state index in [1.54, 1.807) is 0 Å². The van der Waals surface area contributed by atoms with E-state index in [1.165, 1.54) is 12.0 Å². The summed E-state index contributed by atoms with van der Waals surface area (Å²) in [5, 5.41) is 3.55. The first-order chi connectivity index (χ1) is 6.63. The zero-order valence-corrected chi connectivity index (χ0v) is 10.6. The molecule has 1 nitrogen and oxygen atoms in total. The normalized spacial score (nSPS) is 15.1. The fourth-order valence-electron chi connectivity index (χ4n) is 1.42. The summed E-state index contributed by atoms with van der Waals surface area (Å²) in [5.74, 6) is 0. The molecule has 2 heteroatoms. The van der Waals surface area contributed by atoms with Crippen LogP contribution in [0.2, 0.25) is 0 Å². The van der Waals surface area contributed by atoms with Crippen molar-refractivity contribution in [2.45, 2.75) is 39.3 Å². The Labute approximate surface area is 95.0 Å². The number of hydrogen-bond donors (Lipinski definition) is 1. The van der Waals surface area contributed by atoms with Crippen molar-refractivity contribution in [2.24, 2.45) is 0 Å². The van der Waals surface area contributed by atoms with Crippen LogP contribution in [0.4, 0.5) is 0 Å². The molecule has 0 radical (unpaired) electrons. The lowest BCUT2D eigenvalue weighted by Crippen LogP contribution is -2.28. The number of nitrogens with one attached hydrogen (secondary N) is 1. The largest absolute Gasteiger partial charge is 0.308 e. The molecule has 0 aliphatic carbocycles. The Morgan fingerprint density at radius 3 is 2.64 bits per heavy atom. The number of hydrogen-bond acceptors (Lipinski definition) is 1. The molecule has 0 spiro atoms. The molecule has 0 saturated carbocycles. The van der Waals surface area contributed by atoms with Crippen molar-refractivity contribution in [3.63, 3.8) is 0 Å². The summed E-state index contributed by atoms with van der Waals surface area (Å²) in [4.78, 5) is 0. The van der Waals surface area contributed by atoms with Gasteiger partial charge in [0.25, 0.3) is 0 Å². The first kappa shape index (κ1) is 11.7. The Morgan fingerprint density at radius 2 is 2.07 bits per heavy atom. The van der Waals surface area contributed by atoms with Crippen LogP contribution in [0.15, 0.2) is 28.7 Å². The summed E-state index contributed by atoms with van der Waals surface area (Å²) >= 11 is 3.49. The third-order valence-electron chi connectivity index (χ3n) is 2.50. The molecule has 14 heavy (non-hydrogen) atoms. The van der Waals surface area contributed by atoms with Gasteiger partial charge >= 0.3 is 0 Å². The van der Waals surface area contributed by atoms with E-state index in [9.17, 15) is 0 Å². The molecule has 0 aliphatic heterocycles. The second-order valence-electron chi connectivity index (χ2n) is 3.75. The van der Waals surface area contributed by atoms with E-state index in [1.807, 2.05) is 0 Å². The van der Waals surface area contributed by atoms with Gasteiger partial charge in [-0.3, -0.25) is 0 Å². The van der Waals surface area contributed by atoms with E-state index in [-0.39, 0.29) is 0 Å². The first-order valence-corrected chi connectivity index (χ1v) is 5.94. The van der Waals surface area contributed by atoms with E-state index in [4.69, 9.17) is 0 Å². The van der Waals surface area contributed by atoms with Gasteiger partial charge in [0.15, 0.2) is 0 Å². The third-order valence-corrected chi connectivity index (χ3v) is 2.99. The Hall–Kier alpha value is -0.340. The molecule has 1 rings (SSSR count). The maximum Gasteiger partial charge on any atom is 0.0294 e. The molecule has 1 aromatic rings. The molecule has 0 aliphatic rings. The molecule has 1 N–H and O–H groups in total. The van der Waals surface area contributed by atoms with Crippen molar-refractivity contribution < 1.29 is 0 Å². The van der Waals surface area contributed by atoms with Crippen LogP contribution in [0.1, 0.15) is 38.8 Å². The molecule has 0 saturated heterocycles. The average Bonchev–Trinajstić information content (AvgIpc) is 2.17. The van der Waals surface area contributed by atoms with E-state index in [0.29, 0.717) is 12.1 Å². The maximum atomic E-state index is 3.55. The molecule has 1 aromatic carbocycles. The van der Waals surface area contributed by atoms with E-state index in [0.717, 1.165) is 4.47 Å². The highest BCUT2D eigenvalue weighted by molar-refractivity contribution is 9.10. The summed E-state index contributed by atoms with van der Waals surface area (Å²) < 4.78 is 1.15. The third kappa shape index (κ3) is 3.43. The fourth-order valence-corrected chi connectivity index (χ4v) is 1.83. The van der Waals surface area contributed by atoms with Crippen LogP contribution in [-0.4, -0.2) is 6.04 Å². The van der Waals surface area contributed by atoms with Gasteiger partial charge in [-0.05, 0) is 38.0 Å². The Kier molecular flexibility index (Phi) is 4.63. The van der Waals surface area contributed by atoms with Crippen molar-refractivity contribution in [3.05, 3.63) is 34.3 Å². The minimum absolute atomic E-state index is 0.419. The Morgan fingerprint density at radius 1 is 1.36 bits per heavy atom. The molecular weight excluding hydrogens is 238 g/mol. The van der Waals surface area contributed by atoms with Crippen LogP contribution in [0.3, 0.4) is 0 Å². The summed E-state index contributed by atoms with van der Waals surface area (Å²) in [6, 6.07) is 9.45. The van der Waals surface area contributed by atoms with Gasteiger partial charge in [-0.2, -0.15) is 0 Å². The quantitative estimate of drug-likeness (QED) is 0.861. The molecule has 0 fully saturated rings. The van der Waals surface area contributed by atoms with Gasteiger partial charge in [-0.25, -0.2) is 0 Å². The van der Waals surface area contributed by atoms with Gasteiger partial charge in [-0.1, -0.05) is 35.0 Å². The van der Waals surface area contributed by atoms with Crippen LogP contribution >= 0.6 is 15.9 Å². The molecule has 0 amide bonds. The second kappa shape index (κ2) is 5.52. The predicted molar refractivity (Wildman–Crippen MR) is 65.4 cm³/mol. The lowest BCUT2D eigenvalue weighted by molar-refractivity contribution is 0.469. The predicted octanol–water partition coefficient (Wildman–Crippen LogP) is 3.90. The molecule has 0 aromatic heterocycles. The van der Waals surface area contributed by atoms with Crippen molar-refractivity contribution >= 4 is 15.9 Å². The fraction of sp³-hybridized carbons (Fsp3) is 0.500. The highest BCUT2D eigenvalue weighted by Crippen LogP contribution is 2.18. The van der Waals surface area contributed by atoms with Crippen molar-refractivity contribution in [3.8, 4) is 0 Å². The van der Waals surface area contributed by atoms with E-state index in [2.05, 4.69) is 66.3 Å². The maximum absolute atomic E-state index is 3.55. The molecule has 78 valence electrons. The average molecular weight is 256 g/mol. The SMILES string of the molecule is CCC(C)N[C@H](C)c1cccc(Br)c1. The smallest absolute Gasteiger partial charge is 0.0294 e. The molecule has 0 bridgehead atoms. The highest BCUT2D eigenvalue weighted by Gasteiger charge is 2.07. The van der Waals surface area contributed by atoms with E-state index >= 15 is 0 Å². The number of halogens is 1. The summed E-state index contributed by atoms with van der Waals surface area (Å²) in [5.41, 5.74) is 1.33. The first-order valence-electron chi connectivity index (χ1n) is 5.15. The van der Waals surface area contributed by atoms with Gasteiger partial charge in [0.2, 0.25) is 0 Å². The van der Waals surface area contributed by atoms with Crippen LogP contribution < -0.4 is 5.32 Å². The molecule has 2 atom stereocenters. The summed E-state index contributed by atoms with van der Waals surface area (Å²) in [6.45, 7) is 6.62. The van der Waals surface area contributed by atoms with Crippen molar-refractivity contribution in [1.29, 1.82) is 0 Å². The topological polar surface area (TPSA) is 12.0 Å². The molecule has 0 heterocycles. The van der Waals surface area contributed by atoms with Gasteiger partial charge in [0, 0.05) is 16.6 Å². The van der Waals surface area contributed by atoms with Gasteiger partial charge < -0.3 is 5.32 Å².